The summed E-state index contributed by atoms with van der Waals surface area (Å²) < 4.78 is 5.09. The summed E-state index contributed by atoms with van der Waals surface area (Å²) in [4.78, 5) is 23.6. The topological polar surface area (TPSA) is 55.4 Å². The van der Waals surface area contributed by atoms with Crippen molar-refractivity contribution in [3.05, 3.63) is 34.9 Å². The van der Waals surface area contributed by atoms with Crippen molar-refractivity contribution in [1.29, 1.82) is 0 Å². The number of carbonyl (C=O) groups excluding carboxylic acids is 2. The minimum absolute atomic E-state index is 0.214. The molecule has 0 aliphatic heterocycles. The molecule has 0 unspecified atom stereocenters. The molecule has 1 N–H and O–H groups in total. The zero-order valence-corrected chi connectivity index (χ0v) is 12.2. The Balaban J connectivity index is 2.66. The van der Waals surface area contributed by atoms with E-state index in [1.165, 1.54) is 0 Å². The van der Waals surface area contributed by atoms with Gasteiger partial charge in [0.05, 0.1) is 6.04 Å². The van der Waals surface area contributed by atoms with Crippen LogP contribution in [0.1, 0.15) is 38.1 Å². The normalized spacial score (nSPS) is 12.7. The van der Waals surface area contributed by atoms with Gasteiger partial charge in [0, 0.05) is 10.6 Å². The average molecular weight is 284 g/mol. The number of ketones is 1. The number of benzene rings is 1. The summed E-state index contributed by atoms with van der Waals surface area (Å²) >= 11 is 5.82. The summed E-state index contributed by atoms with van der Waals surface area (Å²) in [7, 11) is 0. The third-order valence-electron chi connectivity index (χ3n) is 2.24. The second-order valence-corrected chi connectivity index (χ2v) is 5.68. The van der Waals surface area contributed by atoms with Crippen molar-refractivity contribution in [3.8, 4) is 0 Å². The van der Waals surface area contributed by atoms with E-state index in [2.05, 4.69) is 5.32 Å². The lowest BCUT2D eigenvalue weighted by Gasteiger charge is -2.21. The molecule has 0 saturated heterocycles. The standard InChI is InChI=1S/C14H18ClNO3/c1-9(16-13(18)19-14(2,3)4)12(17)10-6-5-7-11(15)8-10/h5-9H,1-4H3,(H,16,18)/t9-/m0/s1. The molecule has 0 saturated carbocycles. The maximum absolute atomic E-state index is 12.1. The van der Waals surface area contributed by atoms with Crippen LogP contribution in [-0.4, -0.2) is 23.5 Å². The van der Waals surface area contributed by atoms with Crippen molar-refractivity contribution in [3.63, 3.8) is 0 Å². The summed E-state index contributed by atoms with van der Waals surface area (Å²) in [5.41, 5.74) is -0.140. The minimum atomic E-state index is -0.673. The quantitative estimate of drug-likeness (QED) is 0.865. The van der Waals surface area contributed by atoms with E-state index in [0.29, 0.717) is 10.6 Å². The van der Waals surface area contributed by atoms with Crippen molar-refractivity contribution in [2.45, 2.75) is 39.3 Å². The third kappa shape index (κ3) is 5.30. The van der Waals surface area contributed by atoms with Crippen LogP contribution in [-0.2, 0) is 4.74 Å². The third-order valence-corrected chi connectivity index (χ3v) is 2.47. The number of nitrogens with one attached hydrogen (secondary N) is 1. The highest BCUT2D eigenvalue weighted by Crippen LogP contribution is 2.13. The fourth-order valence-electron chi connectivity index (χ4n) is 1.44. The molecule has 0 spiro atoms. The van der Waals surface area contributed by atoms with Crippen molar-refractivity contribution < 1.29 is 14.3 Å². The number of ether oxygens (including phenoxy) is 1. The molecule has 0 fully saturated rings. The Labute approximate surface area is 118 Å². The molecular weight excluding hydrogens is 266 g/mol. The van der Waals surface area contributed by atoms with E-state index in [4.69, 9.17) is 16.3 Å². The molecule has 1 aromatic rings. The van der Waals surface area contributed by atoms with E-state index in [1.807, 2.05) is 0 Å². The first-order valence-electron chi connectivity index (χ1n) is 5.98. The highest BCUT2D eigenvalue weighted by molar-refractivity contribution is 6.31. The van der Waals surface area contributed by atoms with Gasteiger partial charge in [-0.2, -0.15) is 0 Å². The first kappa shape index (κ1) is 15.5. The molecule has 0 radical (unpaired) electrons. The van der Waals surface area contributed by atoms with Gasteiger partial charge in [0.1, 0.15) is 5.60 Å². The Morgan fingerprint density at radius 1 is 1.32 bits per heavy atom. The van der Waals surface area contributed by atoms with Gasteiger partial charge in [-0.3, -0.25) is 4.79 Å². The van der Waals surface area contributed by atoms with E-state index in [0.717, 1.165) is 0 Å². The van der Waals surface area contributed by atoms with E-state index in [-0.39, 0.29) is 5.78 Å². The molecule has 1 amide bonds. The summed E-state index contributed by atoms with van der Waals surface area (Å²) in [5, 5.41) is 2.98. The Morgan fingerprint density at radius 3 is 2.47 bits per heavy atom. The van der Waals surface area contributed by atoms with Gasteiger partial charge < -0.3 is 10.1 Å². The van der Waals surface area contributed by atoms with E-state index in [9.17, 15) is 9.59 Å². The number of hydrogen-bond acceptors (Lipinski definition) is 3. The van der Waals surface area contributed by atoms with Crippen molar-refractivity contribution >= 4 is 23.5 Å². The van der Waals surface area contributed by atoms with Gasteiger partial charge in [-0.15, -0.1) is 0 Å². The number of alkyl carbamates (subject to hydrolysis) is 1. The molecule has 4 nitrogen and oxygen atoms in total. The second-order valence-electron chi connectivity index (χ2n) is 5.24. The number of amides is 1. The second kappa shape index (κ2) is 6.06. The minimum Gasteiger partial charge on any atom is -0.444 e. The highest BCUT2D eigenvalue weighted by atomic mass is 35.5. The molecule has 0 aliphatic carbocycles. The van der Waals surface area contributed by atoms with Crippen LogP contribution in [0.3, 0.4) is 0 Å². The molecule has 0 heterocycles. The van der Waals surface area contributed by atoms with Crippen molar-refractivity contribution in [2.75, 3.05) is 0 Å². The lowest BCUT2D eigenvalue weighted by molar-refractivity contribution is 0.0497. The van der Waals surface area contributed by atoms with Gasteiger partial charge in [-0.05, 0) is 39.8 Å². The van der Waals surface area contributed by atoms with Crippen LogP contribution in [0, 0.1) is 0 Å². The zero-order valence-electron chi connectivity index (χ0n) is 11.5. The number of halogens is 1. The molecule has 1 aromatic carbocycles. The lowest BCUT2D eigenvalue weighted by Crippen LogP contribution is -2.41. The Bertz CT molecular complexity index is 480. The first-order valence-corrected chi connectivity index (χ1v) is 6.36. The van der Waals surface area contributed by atoms with Crippen LogP contribution in [0.15, 0.2) is 24.3 Å². The number of carbonyl (C=O) groups is 2. The van der Waals surface area contributed by atoms with Gasteiger partial charge in [0.25, 0.3) is 0 Å². The summed E-state index contributed by atoms with van der Waals surface area (Å²) in [6.45, 7) is 6.88. The number of rotatable bonds is 3. The molecule has 1 atom stereocenters. The number of Topliss-reactive ketones (excluding diaryl/α,β-unsaturated/α-hetero) is 1. The summed E-state index contributed by atoms with van der Waals surface area (Å²) in [6, 6.07) is 5.92. The maximum atomic E-state index is 12.1. The Kier molecular flexibility index (Phi) is 4.95. The van der Waals surface area contributed by atoms with Crippen LogP contribution in [0.25, 0.3) is 0 Å². The fourth-order valence-corrected chi connectivity index (χ4v) is 1.63. The lowest BCUT2D eigenvalue weighted by atomic mass is 10.1. The monoisotopic (exact) mass is 283 g/mol. The molecule has 19 heavy (non-hydrogen) atoms. The smallest absolute Gasteiger partial charge is 0.408 e. The summed E-state index contributed by atoms with van der Waals surface area (Å²) in [5.74, 6) is -0.214. The van der Waals surface area contributed by atoms with Crippen molar-refractivity contribution in [1.82, 2.24) is 5.32 Å². The van der Waals surface area contributed by atoms with Crippen molar-refractivity contribution in [2.24, 2.45) is 0 Å². The average Bonchev–Trinajstić information content (AvgIpc) is 2.25. The van der Waals surface area contributed by atoms with Gasteiger partial charge in [0.15, 0.2) is 5.78 Å². The van der Waals surface area contributed by atoms with Gasteiger partial charge in [0.2, 0.25) is 0 Å². The van der Waals surface area contributed by atoms with Crippen LogP contribution in [0.2, 0.25) is 5.02 Å². The van der Waals surface area contributed by atoms with Gasteiger partial charge >= 0.3 is 6.09 Å². The molecule has 104 valence electrons. The van der Waals surface area contributed by atoms with E-state index in [1.54, 1.807) is 52.0 Å². The Hall–Kier alpha value is -1.55. The first-order chi connectivity index (χ1) is 8.69. The van der Waals surface area contributed by atoms with Gasteiger partial charge in [-0.25, -0.2) is 4.79 Å². The van der Waals surface area contributed by atoms with Gasteiger partial charge in [-0.1, -0.05) is 23.7 Å². The molecular formula is C14H18ClNO3. The summed E-state index contributed by atoms with van der Waals surface area (Å²) in [6.07, 6.45) is -0.615. The molecule has 1 rings (SSSR count). The van der Waals surface area contributed by atoms with Crippen LogP contribution < -0.4 is 5.32 Å². The predicted octanol–water partition coefficient (Wildman–Crippen LogP) is 3.44. The Morgan fingerprint density at radius 2 is 1.95 bits per heavy atom. The van der Waals surface area contributed by atoms with E-state index < -0.39 is 17.7 Å². The van der Waals surface area contributed by atoms with E-state index >= 15 is 0 Å². The van der Waals surface area contributed by atoms with Crippen LogP contribution >= 0.6 is 11.6 Å². The molecule has 0 aliphatic rings. The molecule has 5 heteroatoms. The highest BCUT2D eigenvalue weighted by Gasteiger charge is 2.21. The molecule has 0 aromatic heterocycles. The zero-order chi connectivity index (χ0) is 14.6. The van der Waals surface area contributed by atoms with Crippen LogP contribution in [0.5, 0.6) is 0 Å². The fraction of sp³-hybridized carbons (Fsp3) is 0.429. The predicted molar refractivity (Wildman–Crippen MR) is 74.6 cm³/mol. The largest absolute Gasteiger partial charge is 0.444 e. The molecule has 0 bridgehead atoms. The SMILES string of the molecule is C[C@H](NC(=O)OC(C)(C)C)C(=O)c1cccc(Cl)c1. The number of hydrogen-bond donors (Lipinski definition) is 1. The maximum Gasteiger partial charge on any atom is 0.408 e. The van der Waals surface area contributed by atoms with Crippen LogP contribution in [0.4, 0.5) is 4.79 Å².